The molecule has 24 heavy (non-hydrogen) atoms. The van der Waals surface area contributed by atoms with Crippen LogP contribution >= 0.6 is 11.6 Å². The normalized spacial score (nSPS) is 11.9. The quantitative estimate of drug-likeness (QED) is 0.323. The van der Waals surface area contributed by atoms with Crippen molar-refractivity contribution in [2.75, 3.05) is 20.8 Å². The number of hydrogen-bond donors (Lipinski definition) is 0. The van der Waals surface area contributed by atoms with Gasteiger partial charge in [0.1, 0.15) is 17.6 Å². The number of fused-ring (bicyclic) bond motifs is 1. The number of halogens is 1. The molecule has 132 valence electrons. The number of ether oxygens (including phenoxy) is 1. The zero-order valence-electron chi connectivity index (χ0n) is 14.8. The smallest absolute Gasteiger partial charge is 0.293 e. The second-order valence-corrected chi connectivity index (χ2v) is 12.9. The summed E-state index contributed by atoms with van der Waals surface area (Å²) in [6.07, 6.45) is 1.65. The molecule has 0 fully saturated rings. The highest BCUT2D eigenvalue weighted by Crippen LogP contribution is 2.23. The van der Waals surface area contributed by atoms with Crippen LogP contribution in [0.2, 0.25) is 30.8 Å². The molecular formula is C16H24ClN3O3Si. The predicted octanol–water partition coefficient (Wildman–Crippen LogP) is 3.64. The maximum atomic E-state index is 12.5. The Morgan fingerprint density at radius 3 is 2.71 bits per heavy atom. The van der Waals surface area contributed by atoms with E-state index in [-0.39, 0.29) is 12.6 Å². The summed E-state index contributed by atoms with van der Waals surface area (Å²) in [7, 11) is 1.86. The van der Waals surface area contributed by atoms with E-state index < -0.39 is 8.07 Å². The number of hydroxylamine groups is 2. The number of carbonyl (C=O) groups excluding carboxylic acids is 1. The van der Waals surface area contributed by atoms with Gasteiger partial charge in [0, 0.05) is 33.3 Å². The number of aromatic nitrogens is 2. The summed E-state index contributed by atoms with van der Waals surface area (Å²) in [5.74, 6) is -0.251. The van der Waals surface area contributed by atoms with Crippen molar-refractivity contribution in [1.29, 1.82) is 0 Å². The van der Waals surface area contributed by atoms with Crippen LogP contribution in [0.15, 0.2) is 18.3 Å². The van der Waals surface area contributed by atoms with Gasteiger partial charge in [-0.3, -0.25) is 9.63 Å². The van der Waals surface area contributed by atoms with Gasteiger partial charge in [-0.15, -0.1) is 0 Å². The average Bonchev–Trinajstić information content (AvgIpc) is 2.87. The molecule has 2 aromatic heterocycles. The van der Waals surface area contributed by atoms with Gasteiger partial charge in [-0.25, -0.2) is 10.0 Å². The minimum absolute atomic E-state index is 0.251. The number of amides is 1. The highest BCUT2D eigenvalue weighted by molar-refractivity contribution is 6.76. The molecule has 0 aliphatic heterocycles. The lowest BCUT2D eigenvalue weighted by atomic mass is 10.3. The Bertz CT molecular complexity index is 727. The Hall–Kier alpha value is -1.41. The number of rotatable bonds is 7. The summed E-state index contributed by atoms with van der Waals surface area (Å²) < 4.78 is 7.64. The van der Waals surface area contributed by atoms with Crippen LogP contribution in [0, 0.1) is 0 Å². The van der Waals surface area contributed by atoms with Crippen LogP contribution in [0.25, 0.3) is 10.9 Å². The number of carbonyl (C=O) groups is 1. The molecule has 0 N–H and O–H groups in total. The summed E-state index contributed by atoms with van der Waals surface area (Å²) in [5.41, 5.74) is 1.29. The summed E-state index contributed by atoms with van der Waals surface area (Å²) >= 11 is 6.01. The van der Waals surface area contributed by atoms with Crippen molar-refractivity contribution in [3.8, 4) is 0 Å². The highest BCUT2D eigenvalue weighted by Gasteiger charge is 2.20. The van der Waals surface area contributed by atoms with Crippen LogP contribution in [0.3, 0.4) is 0 Å². The second kappa shape index (κ2) is 7.65. The van der Waals surface area contributed by atoms with Crippen molar-refractivity contribution >= 4 is 36.5 Å². The van der Waals surface area contributed by atoms with E-state index >= 15 is 0 Å². The van der Waals surface area contributed by atoms with Gasteiger partial charge in [-0.1, -0.05) is 31.2 Å². The molecule has 0 spiro atoms. The SMILES string of the molecule is CON(C)C(=O)c1cc2cnc(Cl)cc2n1COCC[Si](C)(C)C. The number of hydrogen-bond acceptors (Lipinski definition) is 4. The lowest BCUT2D eigenvalue weighted by Gasteiger charge is -2.18. The van der Waals surface area contributed by atoms with E-state index in [4.69, 9.17) is 21.2 Å². The zero-order chi connectivity index (χ0) is 17.9. The Morgan fingerprint density at radius 2 is 2.08 bits per heavy atom. The molecule has 2 aromatic rings. The first-order valence-corrected chi connectivity index (χ1v) is 11.9. The molecule has 1 amide bonds. The van der Waals surface area contributed by atoms with Crippen molar-refractivity contribution in [1.82, 2.24) is 14.6 Å². The van der Waals surface area contributed by atoms with Crippen molar-refractivity contribution in [3.63, 3.8) is 0 Å². The fourth-order valence-corrected chi connectivity index (χ4v) is 3.13. The van der Waals surface area contributed by atoms with Crippen LogP contribution in [-0.4, -0.2) is 49.4 Å². The Kier molecular flexibility index (Phi) is 6.03. The first kappa shape index (κ1) is 18.9. The molecule has 0 radical (unpaired) electrons. The Morgan fingerprint density at radius 1 is 1.38 bits per heavy atom. The molecule has 0 unspecified atom stereocenters. The topological polar surface area (TPSA) is 56.6 Å². The van der Waals surface area contributed by atoms with Gasteiger partial charge >= 0.3 is 0 Å². The van der Waals surface area contributed by atoms with E-state index in [1.165, 1.54) is 12.2 Å². The van der Waals surface area contributed by atoms with Crippen LogP contribution in [0.5, 0.6) is 0 Å². The van der Waals surface area contributed by atoms with Gasteiger partial charge in [-0.2, -0.15) is 0 Å². The maximum absolute atomic E-state index is 12.5. The Balaban J connectivity index is 2.30. The van der Waals surface area contributed by atoms with Crippen molar-refractivity contribution in [3.05, 3.63) is 29.2 Å². The molecule has 0 aliphatic carbocycles. The van der Waals surface area contributed by atoms with Crippen molar-refractivity contribution in [2.24, 2.45) is 0 Å². The second-order valence-electron chi connectivity index (χ2n) is 6.86. The minimum atomic E-state index is -1.16. The molecule has 6 nitrogen and oxygen atoms in total. The molecule has 2 rings (SSSR count). The standard InChI is InChI=1S/C16H24ClN3O3Si/c1-19(22-2)16(21)14-8-12-10-18-15(17)9-13(12)20(14)11-23-6-7-24(3,4)5/h8-10H,6-7,11H2,1-5H3. The molecule has 0 bridgehead atoms. The zero-order valence-corrected chi connectivity index (χ0v) is 16.6. The van der Waals surface area contributed by atoms with E-state index in [0.717, 1.165) is 16.9 Å². The molecular weight excluding hydrogens is 346 g/mol. The van der Waals surface area contributed by atoms with Crippen LogP contribution < -0.4 is 0 Å². The van der Waals surface area contributed by atoms with E-state index in [1.807, 2.05) is 4.57 Å². The van der Waals surface area contributed by atoms with E-state index in [2.05, 4.69) is 24.6 Å². The van der Waals surface area contributed by atoms with E-state index in [0.29, 0.717) is 17.5 Å². The molecule has 0 saturated carbocycles. The van der Waals surface area contributed by atoms with E-state index in [9.17, 15) is 4.79 Å². The minimum Gasteiger partial charge on any atom is -0.361 e. The maximum Gasteiger partial charge on any atom is 0.293 e. The first-order chi connectivity index (χ1) is 11.2. The molecule has 0 atom stereocenters. The molecule has 0 saturated heterocycles. The molecule has 0 aromatic carbocycles. The summed E-state index contributed by atoms with van der Waals surface area (Å²) in [6.45, 7) is 7.86. The fraction of sp³-hybridized carbons (Fsp3) is 0.500. The third-order valence-corrected chi connectivity index (χ3v) is 5.66. The first-order valence-electron chi connectivity index (χ1n) is 7.77. The van der Waals surface area contributed by atoms with Crippen LogP contribution in [0.4, 0.5) is 0 Å². The largest absolute Gasteiger partial charge is 0.361 e. The summed E-state index contributed by atoms with van der Waals surface area (Å²) in [4.78, 5) is 21.6. The molecule has 2 heterocycles. The van der Waals surface area contributed by atoms with E-state index in [1.54, 1.807) is 25.4 Å². The fourth-order valence-electron chi connectivity index (χ4n) is 2.23. The van der Waals surface area contributed by atoms with Gasteiger partial charge in [0.2, 0.25) is 0 Å². The van der Waals surface area contributed by atoms with Gasteiger partial charge < -0.3 is 9.30 Å². The van der Waals surface area contributed by atoms with Gasteiger partial charge in [0.15, 0.2) is 0 Å². The monoisotopic (exact) mass is 369 g/mol. The third-order valence-electron chi connectivity index (χ3n) is 3.75. The third kappa shape index (κ3) is 4.57. The number of pyridine rings is 1. The lowest BCUT2D eigenvalue weighted by molar-refractivity contribution is -0.0766. The van der Waals surface area contributed by atoms with Crippen LogP contribution in [0.1, 0.15) is 10.5 Å². The van der Waals surface area contributed by atoms with Crippen molar-refractivity contribution < 1.29 is 14.4 Å². The molecule has 0 aliphatic rings. The lowest BCUT2D eigenvalue weighted by Crippen LogP contribution is -2.28. The number of nitrogens with zero attached hydrogens (tertiary/aromatic N) is 3. The van der Waals surface area contributed by atoms with Crippen LogP contribution in [-0.2, 0) is 16.3 Å². The summed E-state index contributed by atoms with van der Waals surface area (Å²) in [5, 5.41) is 2.39. The predicted molar refractivity (Wildman–Crippen MR) is 98.0 cm³/mol. The van der Waals surface area contributed by atoms with Gasteiger partial charge in [0.05, 0.1) is 12.6 Å². The molecule has 8 heteroatoms. The van der Waals surface area contributed by atoms with Gasteiger partial charge in [0.25, 0.3) is 5.91 Å². The Labute approximate surface area is 148 Å². The van der Waals surface area contributed by atoms with Gasteiger partial charge in [-0.05, 0) is 18.2 Å². The summed E-state index contributed by atoms with van der Waals surface area (Å²) in [6, 6.07) is 4.58. The highest BCUT2D eigenvalue weighted by atomic mass is 35.5. The van der Waals surface area contributed by atoms with Crippen molar-refractivity contribution in [2.45, 2.75) is 32.4 Å². The average molecular weight is 370 g/mol.